The Morgan fingerprint density at radius 1 is 0.765 bits per heavy atom. The minimum Gasteiger partial charge on any atom is -0.322 e. The molecule has 2 heterocycles. The lowest BCUT2D eigenvalue weighted by atomic mass is 10.2. The Bertz CT molecular complexity index is 1240. The first kappa shape index (κ1) is 23.7. The smallest absolute Gasteiger partial charge is 0.178 e. The van der Waals surface area contributed by atoms with E-state index in [1.54, 1.807) is 12.2 Å². The fourth-order valence-electron chi connectivity index (χ4n) is 4.75. The molecule has 34 heavy (non-hydrogen) atoms. The van der Waals surface area contributed by atoms with E-state index in [9.17, 15) is 4.79 Å². The minimum absolute atomic E-state index is 0.0801. The number of hydrogen-bond acceptors (Lipinski definition) is 3. The number of fused-ring (bicyclic) bond motifs is 2. The molecule has 5 nitrogen and oxygen atoms in total. The highest BCUT2D eigenvalue weighted by atomic mass is 16.1. The zero-order valence-electron chi connectivity index (χ0n) is 20.6. The molecular formula is C29H34N4O. The van der Waals surface area contributed by atoms with Crippen molar-refractivity contribution in [3.05, 3.63) is 72.3 Å². The van der Waals surface area contributed by atoms with Gasteiger partial charge in [-0.2, -0.15) is 0 Å². The summed E-state index contributed by atoms with van der Waals surface area (Å²) in [4.78, 5) is 22.3. The second-order valence-corrected chi connectivity index (χ2v) is 9.00. The van der Waals surface area contributed by atoms with Crippen LogP contribution in [0.25, 0.3) is 34.2 Å². The van der Waals surface area contributed by atoms with E-state index in [1.165, 1.54) is 0 Å². The van der Waals surface area contributed by atoms with E-state index in [-0.39, 0.29) is 5.78 Å². The maximum absolute atomic E-state index is 12.8. The van der Waals surface area contributed by atoms with Crippen LogP contribution < -0.4 is 0 Å². The highest BCUT2D eigenvalue weighted by Crippen LogP contribution is 2.26. The molecule has 2 aromatic heterocycles. The summed E-state index contributed by atoms with van der Waals surface area (Å²) < 4.78 is 4.47. The molecule has 0 fully saturated rings. The predicted octanol–water partition coefficient (Wildman–Crippen LogP) is 7.40. The number of allylic oxidation sites excluding steroid dienone is 2. The van der Waals surface area contributed by atoms with E-state index in [2.05, 4.69) is 49.0 Å². The monoisotopic (exact) mass is 454 g/mol. The van der Waals surface area contributed by atoms with Gasteiger partial charge in [0, 0.05) is 12.1 Å². The van der Waals surface area contributed by atoms with Crippen LogP contribution in [0.15, 0.2) is 60.7 Å². The van der Waals surface area contributed by atoms with Crippen molar-refractivity contribution in [3.8, 4) is 0 Å². The third-order valence-electron chi connectivity index (χ3n) is 6.33. The zero-order chi connectivity index (χ0) is 24.1. The SMILES string of the molecule is CCCC(C)n1c(/C=C/C(=O)/C=C/c2nc3ccccc3n2C(C)CCC)nc2ccccc21. The number of nitrogens with zero attached hydrogens (tertiary/aromatic N) is 4. The fraction of sp³-hybridized carbons (Fsp3) is 0.345. The van der Waals surface area contributed by atoms with Gasteiger partial charge in [-0.05, 0) is 75.3 Å². The summed E-state index contributed by atoms with van der Waals surface area (Å²) in [6.45, 7) is 8.79. The number of rotatable bonds is 10. The molecule has 2 unspecified atom stereocenters. The number of benzene rings is 2. The van der Waals surface area contributed by atoms with Crippen molar-refractivity contribution < 1.29 is 4.79 Å². The van der Waals surface area contributed by atoms with Crippen LogP contribution in [0, 0.1) is 0 Å². The summed E-state index contributed by atoms with van der Waals surface area (Å²) in [5, 5.41) is 0. The van der Waals surface area contributed by atoms with Gasteiger partial charge in [0.25, 0.3) is 0 Å². The van der Waals surface area contributed by atoms with Gasteiger partial charge in [-0.25, -0.2) is 9.97 Å². The van der Waals surface area contributed by atoms with E-state index in [0.717, 1.165) is 59.4 Å². The average Bonchev–Trinajstić information content (AvgIpc) is 3.39. The lowest BCUT2D eigenvalue weighted by Gasteiger charge is -2.15. The van der Waals surface area contributed by atoms with Crippen molar-refractivity contribution in [2.75, 3.05) is 0 Å². The third-order valence-corrected chi connectivity index (χ3v) is 6.33. The van der Waals surface area contributed by atoms with Gasteiger partial charge >= 0.3 is 0 Å². The van der Waals surface area contributed by atoms with Gasteiger partial charge in [-0.1, -0.05) is 51.0 Å². The molecule has 0 bridgehead atoms. The number of imidazole rings is 2. The summed E-state index contributed by atoms with van der Waals surface area (Å²) in [6.07, 6.45) is 11.2. The van der Waals surface area contributed by atoms with Gasteiger partial charge in [0.05, 0.1) is 22.1 Å². The van der Waals surface area contributed by atoms with Crippen molar-refractivity contribution in [2.24, 2.45) is 0 Å². The molecule has 0 spiro atoms. The lowest BCUT2D eigenvalue weighted by Crippen LogP contribution is -2.07. The molecule has 2 aromatic carbocycles. The van der Waals surface area contributed by atoms with Gasteiger partial charge in [-0.15, -0.1) is 0 Å². The Labute approximate surface area is 201 Å². The van der Waals surface area contributed by atoms with E-state index in [0.29, 0.717) is 12.1 Å². The molecule has 0 aliphatic rings. The summed E-state index contributed by atoms with van der Waals surface area (Å²) in [5.41, 5.74) is 4.10. The molecule has 5 heteroatoms. The van der Waals surface area contributed by atoms with Crippen molar-refractivity contribution in [3.63, 3.8) is 0 Å². The maximum Gasteiger partial charge on any atom is 0.178 e. The zero-order valence-corrected chi connectivity index (χ0v) is 20.6. The summed E-state index contributed by atoms with van der Waals surface area (Å²) >= 11 is 0. The molecule has 0 amide bonds. The quantitative estimate of drug-likeness (QED) is 0.235. The Hall–Kier alpha value is -3.47. The Morgan fingerprint density at radius 2 is 1.18 bits per heavy atom. The highest BCUT2D eigenvalue weighted by molar-refractivity contribution is 6.04. The van der Waals surface area contributed by atoms with Crippen LogP contribution in [0.5, 0.6) is 0 Å². The summed E-state index contributed by atoms with van der Waals surface area (Å²) in [5.74, 6) is 1.55. The van der Waals surface area contributed by atoms with Crippen LogP contribution in [0.4, 0.5) is 0 Å². The number of hydrogen-bond donors (Lipinski definition) is 0. The highest BCUT2D eigenvalue weighted by Gasteiger charge is 2.15. The van der Waals surface area contributed by atoms with Crippen LogP contribution in [0.2, 0.25) is 0 Å². The second-order valence-electron chi connectivity index (χ2n) is 9.00. The van der Waals surface area contributed by atoms with Crippen LogP contribution in [-0.4, -0.2) is 24.9 Å². The number of carbonyl (C=O) groups excluding carboxylic acids is 1. The standard InChI is InChI=1S/C29H34N4O/c1-5-11-21(3)32-26-15-9-7-13-24(26)30-28(32)19-17-23(34)18-20-29-31-25-14-8-10-16-27(25)33(29)22(4)12-6-2/h7-10,13-22H,5-6,11-12H2,1-4H3/b19-17+,20-18+. The number of aromatic nitrogens is 4. The Kier molecular flexibility index (Phi) is 7.41. The van der Waals surface area contributed by atoms with Crippen LogP contribution in [0.1, 0.15) is 77.1 Å². The van der Waals surface area contributed by atoms with Crippen LogP contribution in [0.3, 0.4) is 0 Å². The number of para-hydroxylation sites is 4. The molecule has 0 saturated heterocycles. The molecule has 4 rings (SSSR count). The normalized spacial score (nSPS) is 14.0. The maximum atomic E-state index is 12.8. The predicted molar refractivity (Wildman–Crippen MR) is 142 cm³/mol. The molecule has 0 aliphatic carbocycles. The average molecular weight is 455 g/mol. The topological polar surface area (TPSA) is 52.7 Å². The number of carbonyl (C=O) groups is 1. The lowest BCUT2D eigenvalue weighted by molar-refractivity contribution is -0.110. The first-order chi connectivity index (χ1) is 16.5. The summed E-state index contributed by atoms with van der Waals surface area (Å²) in [6, 6.07) is 16.9. The molecule has 0 radical (unpaired) electrons. The van der Waals surface area contributed by atoms with E-state index >= 15 is 0 Å². The van der Waals surface area contributed by atoms with Gasteiger partial charge in [-0.3, -0.25) is 4.79 Å². The largest absolute Gasteiger partial charge is 0.322 e. The Balaban J connectivity index is 1.62. The number of ketones is 1. The second kappa shape index (κ2) is 10.6. The molecule has 4 aromatic rings. The molecule has 176 valence electrons. The molecule has 0 saturated carbocycles. The molecule has 0 N–H and O–H groups in total. The van der Waals surface area contributed by atoms with Gasteiger partial charge < -0.3 is 9.13 Å². The third kappa shape index (κ3) is 4.89. The fourth-order valence-corrected chi connectivity index (χ4v) is 4.75. The van der Waals surface area contributed by atoms with Crippen LogP contribution in [-0.2, 0) is 4.79 Å². The molecule has 2 atom stereocenters. The van der Waals surface area contributed by atoms with Crippen molar-refractivity contribution >= 4 is 40.0 Å². The van der Waals surface area contributed by atoms with Crippen molar-refractivity contribution in [1.29, 1.82) is 0 Å². The first-order valence-corrected chi connectivity index (χ1v) is 12.4. The van der Waals surface area contributed by atoms with Crippen molar-refractivity contribution in [2.45, 2.75) is 65.5 Å². The van der Waals surface area contributed by atoms with Gasteiger partial charge in [0.15, 0.2) is 5.78 Å². The molecule has 0 aliphatic heterocycles. The van der Waals surface area contributed by atoms with E-state index in [1.807, 2.05) is 48.6 Å². The van der Waals surface area contributed by atoms with Gasteiger partial charge in [0.1, 0.15) is 11.6 Å². The minimum atomic E-state index is -0.0801. The van der Waals surface area contributed by atoms with Crippen LogP contribution >= 0.6 is 0 Å². The Morgan fingerprint density at radius 3 is 1.59 bits per heavy atom. The van der Waals surface area contributed by atoms with Crippen molar-refractivity contribution in [1.82, 2.24) is 19.1 Å². The molecular weight excluding hydrogens is 420 g/mol. The summed E-state index contributed by atoms with van der Waals surface area (Å²) in [7, 11) is 0. The van der Waals surface area contributed by atoms with Gasteiger partial charge in [0.2, 0.25) is 0 Å². The van der Waals surface area contributed by atoms with E-state index < -0.39 is 0 Å². The first-order valence-electron chi connectivity index (χ1n) is 12.4. The van der Waals surface area contributed by atoms with E-state index in [4.69, 9.17) is 9.97 Å².